The molecular formula is C17H17F3N4O3. The van der Waals surface area contributed by atoms with Gasteiger partial charge in [-0.05, 0) is 38.5 Å². The van der Waals surface area contributed by atoms with Gasteiger partial charge < -0.3 is 15.7 Å². The molecule has 2 unspecified atom stereocenters. The number of hydrogen-bond acceptors (Lipinski definition) is 5. The lowest BCUT2D eigenvalue weighted by atomic mass is 9.84. The van der Waals surface area contributed by atoms with E-state index >= 15 is 0 Å². The smallest absolute Gasteiger partial charge is 0.416 e. The van der Waals surface area contributed by atoms with Crippen molar-refractivity contribution < 1.29 is 27.9 Å². The number of carboxylic acids is 1. The first-order valence-electron chi connectivity index (χ1n) is 8.07. The lowest BCUT2D eigenvalue weighted by molar-refractivity contribution is -0.147. The molecule has 0 spiro atoms. The van der Waals surface area contributed by atoms with Crippen LogP contribution in [0.3, 0.4) is 0 Å². The number of carboxylic acid groups (broad SMARTS) is 1. The van der Waals surface area contributed by atoms with Crippen LogP contribution in [0.25, 0.3) is 0 Å². The molecule has 7 nitrogen and oxygen atoms in total. The minimum Gasteiger partial charge on any atom is -0.481 e. The number of amides is 1. The first-order valence-corrected chi connectivity index (χ1v) is 8.07. The van der Waals surface area contributed by atoms with Crippen molar-refractivity contribution in [3.8, 4) is 0 Å². The van der Waals surface area contributed by atoms with E-state index in [4.69, 9.17) is 0 Å². The molecule has 1 aromatic rings. The number of fused-ring (bicyclic) bond motifs is 1. The molecule has 3 N–H and O–H groups in total. The third-order valence-electron chi connectivity index (χ3n) is 4.72. The van der Waals surface area contributed by atoms with Gasteiger partial charge in [-0.1, -0.05) is 0 Å². The largest absolute Gasteiger partial charge is 0.481 e. The molecule has 1 amide bonds. The molecule has 10 heteroatoms. The Labute approximate surface area is 152 Å². The number of carbonyl (C=O) groups excluding carboxylic acids is 1. The van der Waals surface area contributed by atoms with Crippen molar-refractivity contribution in [2.45, 2.75) is 32.0 Å². The molecule has 27 heavy (non-hydrogen) atoms. The molecule has 0 aromatic heterocycles. The Balaban J connectivity index is 1.82. The fourth-order valence-electron chi connectivity index (χ4n) is 3.22. The number of aliphatic carboxylic acids is 1. The molecule has 0 saturated carbocycles. The number of nitrogens with one attached hydrogen (secondary N) is 2. The summed E-state index contributed by atoms with van der Waals surface area (Å²) in [7, 11) is 0. The summed E-state index contributed by atoms with van der Waals surface area (Å²) in [5.74, 6) is -1.58. The third kappa shape index (κ3) is 3.57. The van der Waals surface area contributed by atoms with Gasteiger partial charge in [0.05, 0.1) is 22.2 Å². The van der Waals surface area contributed by atoms with Crippen LogP contribution in [0.5, 0.6) is 0 Å². The molecule has 0 radical (unpaired) electrons. The molecule has 0 aliphatic carbocycles. The molecule has 0 bridgehead atoms. The fraction of sp³-hybridized carbons (Fsp3) is 0.412. The lowest BCUT2D eigenvalue weighted by Crippen LogP contribution is -2.37. The molecule has 2 aliphatic rings. The maximum atomic E-state index is 12.8. The average molecular weight is 382 g/mol. The first kappa shape index (κ1) is 19.0. The summed E-state index contributed by atoms with van der Waals surface area (Å²) in [4.78, 5) is 23.3. The Morgan fingerprint density at radius 3 is 2.63 bits per heavy atom. The number of carbonyl (C=O) groups is 2. The maximum Gasteiger partial charge on any atom is 0.416 e. The quantitative estimate of drug-likeness (QED) is 0.551. The summed E-state index contributed by atoms with van der Waals surface area (Å²) in [5, 5.41) is 22.4. The number of rotatable bonds is 3. The SMILES string of the molecule is CC1(/C=N/N=C2\C(=O)Nc3cc(C(F)(F)F)ccc32)CC(C)(C(=O)O)CN1. The van der Waals surface area contributed by atoms with Gasteiger partial charge in [0.2, 0.25) is 0 Å². The maximum absolute atomic E-state index is 12.8. The molecule has 1 fully saturated rings. The molecule has 1 aromatic carbocycles. The van der Waals surface area contributed by atoms with E-state index in [0.29, 0.717) is 0 Å². The van der Waals surface area contributed by atoms with Crippen molar-refractivity contribution in [3.05, 3.63) is 29.3 Å². The van der Waals surface area contributed by atoms with Gasteiger partial charge in [0, 0.05) is 18.3 Å². The van der Waals surface area contributed by atoms with Gasteiger partial charge in [0.15, 0.2) is 5.71 Å². The minimum atomic E-state index is -4.52. The van der Waals surface area contributed by atoms with Crippen LogP contribution in [-0.4, -0.2) is 41.0 Å². The van der Waals surface area contributed by atoms with Gasteiger partial charge in [-0.15, -0.1) is 5.10 Å². The average Bonchev–Trinajstić information content (AvgIpc) is 3.04. The van der Waals surface area contributed by atoms with Crippen molar-refractivity contribution in [2.75, 3.05) is 11.9 Å². The molecule has 1 saturated heterocycles. The zero-order valence-electron chi connectivity index (χ0n) is 14.5. The lowest BCUT2D eigenvalue weighted by Gasteiger charge is -2.20. The van der Waals surface area contributed by atoms with Crippen molar-refractivity contribution in [1.29, 1.82) is 0 Å². The Bertz CT molecular complexity index is 881. The number of anilines is 1. The first-order chi connectivity index (χ1) is 12.4. The van der Waals surface area contributed by atoms with Gasteiger partial charge in [0.1, 0.15) is 0 Å². The van der Waals surface area contributed by atoms with Gasteiger partial charge in [-0.25, -0.2) is 0 Å². The normalized spacial score (nSPS) is 29.4. The summed E-state index contributed by atoms with van der Waals surface area (Å²) >= 11 is 0. The van der Waals surface area contributed by atoms with Crippen LogP contribution in [0.2, 0.25) is 0 Å². The van der Waals surface area contributed by atoms with E-state index in [1.165, 1.54) is 12.3 Å². The highest BCUT2D eigenvalue weighted by Gasteiger charge is 2.46. The molecule has 2 heterocycles. The Morgan fingerprint density at radius 1 is 1.33 bits per heavy atom. The van der Waals surface area contributed by atoms with Crippen LogP contribution in [0.15, 0.2) is 28.4 Å². The second-order valence-electron chi connectivity index (χ2n) is 7.22. The summed E-state index contributed by atoms with van der Waals surface area (Å²) in [5.41, 5.74) is -2.40. The van der Waals surface area contributed by atoms with Crippen LogP contribution >= 0.6 is 0 Å². The fourth-order valence-corrected chi connectivity index (χ4v) is 3.22. The summed E-state index contributed by atoms with van der Waals surface area (Å²) in [6, 6.07) is 2.88. The molecule has 2 atom stereocenters. The predicted octanol–water partition coefficient (Wildman–Crippen LogP) is 2.28. The summed E-state index contributed by atoms with van der Waals surface area (Å²) in [6.07, 6.45) is -2.83. The molecule has 2 aliphatic heterocycles. The molecule has 144 valence electrons. The van der Waals surface area contributed by atoms with Crippen LogP contribution < -0.4 is 10.6 Å². The summed E-state index contributed by atoms with van der Waals surface area (Å²) in [6.45, 7) is 3.63. The van der Waals surface area contributed by atoms with Gasteiger partial charge in [-0.2, -0.15) is 18.3 Å². The van der Waals surface area contributed by atoms with E-state index in [9.17, 15) is 27.9 Å². The Morgan fingerprint density at radius 2 is 2.04 bits per heavy atom. The van der Waals surface area contributed by atoms with Gasteiger partial charge in [0.25, 0.3) is 5.91 Å². The number of hydrogen-bond donors (Lipinski definition) is 3. The van der Waals surface area contributed by atoms with Crippen LogP contribution in [0, 0.1) is 5.41 Å². The van der Waals surface area contributed by atoms with E-state index < -0.39 is 34.6 Å². The minimum absolute atomic E-state index is 0.0208. The molecular weight excluding hydrogens is 365 g/mol. The Hall–Kier alpha value is -2.75. The van der Waals surface area contributed by atoms with Crippen molar-refractivity contribution >= 4 is 29.5 Å². The van der Waals surface area contributed by atoms with Crippen LogP contribution in [0.4, 0.5) is 18.9 Å². The second kappa shape index (κ2) is 6.15. The van der Waals surface area contributed by atoms with E-state index in [0.717, 1.165) is 12.1 Å². The van der Waals surface area contributed by atoms with E-state index in [-0.39, 0.29) is 29.9 Å². The number of benzene rings is 1. The van der Waals surface area contributed by atoms with Crippen molar-refractivity contribution in [1.82, 2.24) is 5.32 Å². The number of nitrogens with zero attached hydrogens (tertiary/aromatic N) is 2. The van der Waals surface area contributed by atoms with E-state index in [1.54, 1.807) is 13.8 Å². The molecule has 3 rings (SSSR count). The number of halogens is 3. The van der Waals surface area contributed by atoms with Crippen LogP contribution in [0.1, 0.15) is 31.4 Å². The van der Waals surface area contributed by atoms with Crippen LogP contribution in [-0.2, 0) is 15.8 Å². The second-order valence-corrected chi connectivity index (χ2v) is 7.22. The van der Waals surface area contributed by atoms with E-state index in [2.05, 4.69) is 20.8 Å². The van der Waals surface area contributed by atoms with Crippen molar-refractivity contribution in [3.63, 3.8) is 0 Å². The topological polar surface area (TPSA) is 103 Å². The van der Waals surface area contributed by atoms with Crippen molar-refractivity contribution in [2.24, 2.45) is 15.6 Å². The number of alkyl halides is 3. The standard InChI is InChI=1S/C17H17F3N4O3/c1-15(14(26)27)6-16(2,21-7-15)8-22-24-12-10-4-3-9(17(18,19)20)5-11(10)23-13(12)25/h3-5,8,21H,6-7H2,1-2H3,(H,26,27)(H,23,24,25)/b22-8+. The van der Waals surface area contributed by atoms with E-state index in [1.807, 2.05) is 0 Å². The highest BCUT2D eigenvalue weighted by Crippen LogP contribution is 2.35. The zero-order chi connectivity index (χ0) is 20.0. The summed E-state index contributed by atoms with van der Waals surface area (Å²) < 4.78 is 38.3. The van der Waals surface area contributed by atoms with Gasteiger partial charge in [-0.3, -0.25) is 9.59 Å². The Kier molecular flexibility index (Phi) is 4.34. The predicted molar refractivity (Wildman–Crippen MR) is 91.9 cm³/mol. The van der Waals surface area contributed by atoms with Gasteiger partial charge >= 0.3 is 12.1 Å². The monoisotopic (exact) mass is 382 g/mol. The zero-order valence-corrected chi connectivity index (χ0v) is 14.5. The third-order valence-corrected chi connectivity index (χ3v) is 4.72. The highest BCUT2D eigenvalue weighted by atomic mass is 19.4. The highest BCUT2D eigenvalue weighted by molar-refractivity contribution is 6.53.